The van der Waals surface area contributed by atoms with Gasteiger partial charge in [-0.15, -0.1) is 0 Å². The van der Waals surface area contributed by atoms with Gasteiger partial charge in [0.15, 0.2) is 0 Å². The minimum Gasteiger partial charge on any atom is -0.501 e. The molecule has 1 aliphatic heterocycles. The lowest BCUT2D eigenvalue weighted by Gasteiger charge is -2.25. The molecule has 0 aromatic carbocycles. The predicted octanol–water partition coefficient (Wildman–Crippen LogP) is 2.89. The van der Waals surface area contributed by atoms with Crippen molar-refractivity contribution in [2.45, 2.75) is 25.9 Å². The topological polar surface area (TPSA) is 29.5 Å². The maximum Gasteiger partial charge on any atom is 0.471 e. The average molecular weight is 289 g/mol. The van der Waals surface area contributed by atoms with E-state index in [0.29, 0.717) is 12.8 Å². The van der Waals surface area contributed by atoms with Crippen LogP contribution in [0.4, 0.5) is 13.2 Å². The van der Waals surface area contributed by atoms with E-state index >= 15 is 0 Å². The molecule has 6 heteroatoms. The van der Waals surface area contributed by atoms with E-state index in [4.69, 9.17) is 4.74 Å². The first-order valence-corrected chi connectivity index (χ1v) is 6.63. The number of ether oxygens (including phenoxy) is 1. The van der Waals surface area contributed by atoms with Gasteiger partial charge >= 0.3 is 12.1 Å². The minimum absolute atomic E-state index is 0.0662. The normalized spacial score (nSPS) is 27.1. The molecule has 20 heavy (non-hydrogen) atoms. The molecule has 1 aliphatic carbocycles. The molecule has 0 bridgehead atoms. The van der Waals surface area contributed by atoms with Crippen LogP contribution in [0.3, 0.4) is 0 Å². The summed E-state index contributed by atoms with van der Waals surface area (Å²) < 4.78 is 42.8. The van der Waals surface area contributed by atoms with Gasteiger partial charge in [-0.2, -0.15) is 13.2 Å². The summed E-state index contributed by atoms with van der Waals surface area (Å²) in [6.07, 6.45) is 0.238. The molecular weight excluding hydrogens is 271 g/mol. The van der Waals surface area contributed by atoms with Crippen LogP contribution in [-0.2, 0) is 9.53 Å². The lowest BCUT2D eigenvalue weighted by molar-refractivity contribution is -0.185. The van der Waals surface area contributed by atoms with Gasteiger partial charge in [-0.3, -0.25) is 4.79 Å². The summed E-state index contributed by atoms with van der Waals surface area (Å²) in [5, 5.41) is 0. The average Bonchev–Trinajstić information content (AvgIpc) is 2.56. The predicted molar refractivity (Wildman–Crippen MR) is 67.7 cm³/mol. The minimum atomic E-state index is -4.79. The van der Waals surface area contributed by atoms with Crippen molar-refractivity contribution < 1.29 is 22.7 Å². The largest absolute Gasteiger partial charge is 0.501 e. The van der Waals surface area contributed by atoms with Gasteiger partial charge in [-0.1, -0.05) is 18.6 Å². The number of alkyl halides is 3. The number of rotatable bonds is 1. The van der Waals surface area contributed by atoms with Crippen LogP contribution < -0.4 is 0 Å². The lowest BCUT2D eigenvalue weighted by Crippen LogP contribution is -2.42. The first-order chi connectivity index (χ1) is 9.32. The molecule has 2 aliphatic rings. The van der Waals surface area contributed by atoms with E-state index in [9.17, 15) is 18.0 Å². The molecule has 2 unspecified atom stereocenters. The van der Waals surface area contributed by atoms with E-state index in [0.717, 1.165) is 16.2 Å². The van der Waals surface area contributed by atoms with Gasteiger partial charge in [-0.05, 0) is 24.3 Å². The number of methoxy groups -OCH3 is 1. The fraction of sp³-hybridized carbons (Fsp3) is 0.643. The Labute approximate surface area is 116 Å². The Balaban J connectivity index is 2.15. The molecule has 112 valence electrons. The van der Waals surface area contributed by atoms with Crippen LogP contribution in [0, 0.1) is 11.8 Å². The first kappa shape index (κ1) is 14.9. The van der Waals surface area contributed by atoms with Crippen molar-refractivity contribution in [2.75, 3.05) is 20.2 Å². The third kappa shape index (κ3) is 2.99. The molecule has 0 N–H and O–H groups in total. The van der Waals surface area contributed by atoms with Gasteiger partial charge < -0.3 is 9.64 Å². The van der Waals surface area contributed by atoms with Gasteiger partial charge in [0.2, 0.25) is 0 Å². The zero-order valence-electron chi connectivity index (χ0n) is 11.5. The van der Waals surface area contributed by atoms with Crippen LogP contribution in [0.15, 0.2) is 23.5 Å². The maximum atomic E-state index is 12.5. The van der Waals surface area contributed by atoms with Crippen molar-refractivity contribution in [2.24, 2.45) is 11.8 Å². The number of carbonyl (C=O) groups excluding carboxylic acids is 1. The molecule has 1 amide bonds. The highest BCUT2D eigenvalue weighted by Gasteiger charge is 2.44. The molecule has 2 atom stereocenters. The second kappa shape index (κ2) is 5.50. The number of halogens is 3. The number of amides is 1. The second-order valence-corrected chi connectivity index (χ2v) is 5.34. The van der Waals surface area contributed by atoms with E-state index < -0.39 is 12.1 Å². The number of fused-ring (bicyclic) bond motifs is 1. The van der Waals surface area contributed by atoms with E-state index in [1.807, 2.05) is 19.1 Å². The van der Waals surface area contributed by atoms with Gasteiger partial charge in [0.25, 0.3) is 0 Å². The Morgan fingerprint density at radius 2 is 2.10 bits per heavy atom. The smallest absolute Gasteiger partial charge is 0.471 e. The molecule has 1 heterocycles. The summed E-state index contributed by atoms with van der Waals surface area (Å²) in [7, 11) is 1.59. The van der Waals surface area contributed by atoms with Gasteiger partial charge in [0, 0.05) is 19.5 Å². The third-order valence-electron chi connectivity index (χ3n) is 3.98. The van der Waals surface area contributed by atoms with Crippen LogP contribution in [0.1, 0.15) is 19.8 Å². The fourth-order valence-corrected chi connectivity index (χ4v) is 2.94. The molecule has 2 rings (SSSR count). The summed E-state index contributed by atoms with van der Waals surface area (Å²) in [4.78, 5) is 12.3. The highest BCUT2D eigenvalue weighted by atomic mass is 19.4. The van der Waals surface area contributed by atoms with Crippen molar-refractivity contribution in [1.29, 1.82) is 0 Å². The summed E-state index contributed by atoms with van der Waals surface area (Å²) in [6.45, 7) is 2.13. The molecule has 1 fully saturated rings. The van der Waals surface area contributed by atoms with Gasteiger partial charge in [-0.25, -0.2) is 0 Å². The van der Waals surface area contributed by atoms with E-state index in [-0.39, 0.29) is 24.9 Å². The monoisotopic (exact) mass is 289 g/mol. The fourth-order valence-electron chi connectivity index (χ4n) is 2.94. The molecule has 0 spiro atoms. The molecule has 1 saturated heterocycles. The first-order valence-electron chi connectivity index (χ1n) is 6.63. The standard InChI is InChI=1S/C14H18F3NO2/c1-9-8-18(13(19)14(15,16)17)6-5-10-7-11(20-2)3-4-12(9)10/h3-4,9-10H,5-8H2,1-2H3. The number of nitrogens with zero attached hydrogens (tertiary/aromatic N) is 1. The quantitative estimate of drug-likeness (QED) is 0.743. The third-order valence-corrected chi connectivity index (χ3v) is 3.98. The summed E-state index contributed by atoms with van der Waals surface area (Å²) in [5.74, 6) is -0.801. The van der Waals surface area contributed by atoms with Crippen LogP contribution in [0.25, 0.3) is 0 Å². The van der Waals surface area contributed by atoms with Crippen molar-refractivity contribution in [3.05, 3.63) is 23.5 Å². The van der Waals surface area contributed by atoms with Gasteiger partial charge in [0.05, 0.1) is 12.9 Å². The van der Waals surface area contributed by atoms with Crippen LogP contribution in [0.5, 0.6) is 0 Å². The van der Waals surface area contributed by atoms with E-state index in [2.05, 4.69) is 0 Å². The van der Waals surface area contributed by atoms with Gasteiger partial charge in [0.1, 0.15) is 0 Å². The number of likely N-dealkylation sites (tertiary alicyclic amines) is 1. The van der Waals surface area contributed by atoms with E-state index in [1.54, 1.807) is 7.11 Å². The Hall–Kier alpha value is -1.46. The Morgan fingerprint density at radius 3 is 2.70 bits per heavy atom. The molecule has 0 aromatic rings. The maximum absolute atomic E-state index is 12.5. The SMILES string of the molecule is COC1=CC=C2C(C)CN(C(=O)C(F)(F)F)CCC2C1. The summed E-state index contributed by atoms with van der Waals surface area (Å²) in [6, 6.07) is 0. The number of carbonyl (C=O) groups is 1. The zero-order chi connectivity index (χ0) is 14.9. The molecule has 0 radical (unpaired) electrons. The Morgan fingerprint density at radius 1 is 1.40 bits per heavy atom. The number of hydrogen-bond donors (Lipinski definition) is 0. The van der Waals surface area contributed by atoms with Crippen LogP contribution in [-0.4, -0.2) is 37.2 Å². The Bertz CT molecular complexity index is 454. The van der Waals surface area contributed by atoms with Crippen molar-refractivity contribution >= 4 is 5.91 Å². The lowest BCUT2D eigenvalue weighted by atomic mass is 9.82. The molecular formula is C14H18F3NO2. The van der Waals surface area contributed by atoms with Crippen molar-refractivity contribution in [3.63, 3.8) is 0 Å². The van der Waals surface area contributed by atoms with Crippen LogP contribution >= 0.6 is 0 Å². The van der Waals surface area contributed by atoms with Crippen molar-refractivity contribution in [1.82, 2.24) is 4.90 Å². The second-order valence-electron chi connectivity index (χ2n) is 5.34. The summed E-state index contributed by atoms with van der Waals surface area (Å²) >= 11 is 0. The van der Waals surface area contributed by atoms with Crippen LogP contribution in [0.2, 0.25) is 0 Å². The summed E-state index contributed by atoms with van der Waals surface area (Å²) in [5.41, 5.74) is 1.11. The zero-order valence-corrected chi connectivity index (χ0v) is 11.5. The number of allylic oxidation sites excluding steroid dienone is 3. The Kier molecular flexibility index (Phi) is 4.11. The van der Waals surface area contributed by atoms with Crippen molar-refractivity contribution in [3.8, 4) is 0 Å². The highest BCUT2D eigenvalue weighted by Crippen LogP contribution is 2.36. The molecule has 3 nitrogen and oxygen atoms in total. The number of hydrogen-bond acceptors (Lipinski definition) is 2. The molecule has 0 aromatic heterocycles. The molecule has 0 saturated carbocycles. The highest BCUT2D eigenvalue weighted by molar-refractivity contribution is 5.82. The van der Waals surface area contributed by atoms with E-state index in [1.165, 1.54) is 0 Å².